The molecule has 0 saturated carbocycles. The number of hydrogen-bond donors (Lipinski definition) is 1. The fourth-order valence-corrected chi connectivity index (χ4v) is 4.91. The molecule has 1 N–H and O–H groups in total. The highest BCUT2D eigenvalue weighted by Gasteiger charge is 2.41. The molecule has 1 atom stereocenters. The second kappa shape index (κ2) is 9.88. The van der Waals surface area contributed by atoms with Crippen LogP contribution in [0.5, 0.6) is 0 Å². The lowest BCUT2D eigenvalue weighted by atomic mass is 10.0. The average molecular weight is 502 g/mol. The van der Waals surface area contributed by atoms with Crippen molar-refractivity contribution < 1.29 is 13.2 Å². The first-order valence-electron chi connectivity index (χ1n) is 9.17. The first kappa shape index (κ1) is 23.9. The van der Waals surface area contributed by atoms with Crippen LogP contribution in [-0.4, -0.2) is 93.7 Å². The molecule has 0 bridgehead atoms. The minimum atomic E-state index is -3.04. The van der Waals surface area contributed by atoms with E-state index >= 15 is 0 Å². The number of rotatable bonds is 4. The van der Waals surface area contributed by atoms with E-state index in [1.807, 2.05) is 0 Å². The second-order valence-corrected chi connectivity index (χ2v) is 10.6. The Labute approximate surface area is 175 Å². The molecule has 0 spiro atoms. The van der Waals surface area contributed by atoms with Crippen molar-refractivity contribution >= 4 is 39.8 Å². The molecule has 2 saturated heterocycles. The van der Waals surface area contributed by atoms with Crippen LogP contribution < -0.4 is 5.32 Å². The predicted octanol–water partition coefficient (Wildman–Crippen LogP) is 1.05. The molecule has 0 aromatic heterocycles. The molecule has 1 unspecified atom stereocenters. The first-order chi connectivity index (χ1) is 11.7. The summed E-state index contributed by atoms with van der Waals surface area (Å²) in [5, 5.41) is 3.48. The minimum absolute atomic E-state index is 0. The molecule has 2 aliphatic rings. The molecule has 0 radical (unpaired) electrons. The SMILES string of the molecule is CN=C(NCC(C(C)C)N1CCOCC1)N1CCS(=O)(=O)C(C)(C)C1.I. The van der Waals surface area contributed by atoms with E-state index in [1.54, 1.807) is 20.9 Å². The molecule has 0 aliphatic carbocycles. The van der Waals surface area contributed by atoms with Gasteiger partial charge in [-0.25, -0.2) is 8.42 Å². The lowest BCUT2D eigenvalue weighted by molar-refractivity contribution is 0.00739. The highest BCUT2D eigenvalue weighted by atomic mass is 127. The van der Waals surface area contributed by atoms with Gasteiger partial charge in [-0.2, -0.15) is 0 Å². The van der Waals surface area contributed by atoms with Crippen LogP contribution >= 0.6 is 24.0 Å². The van der Waals surface area contributed by atoms with Gasteiger partial charge in [0.15, 0.2) is 15.8 Å². The van der Waals surface area contributed by atoms with Gasteiger partial charge < -0.3 is 15.0 Å². The summed E-state index contributed by atoms with van der Waals surface area (Å²) in [6.45, 7) is 13.3. The Bertz CT molecular complexity index is 575. The fraction of sp³-hybridized carbons (Fsp3) is 0.941. The number of nitrogens with zero attached hydrogens (tertiary/aromatic N) is 3. The molecule has 2 aliphatic heterocycles. The van der Waals surface area contributed by atoms with Gasteiger partial charge in [-0.3, -0.25) is 9.89 Å². The summed E-state index contributed by atoms with van der Waals surface area (Å²) in [6.07, 6.45) is 0. The Balaban J connectivity index is 0.00000338. The van der Waals surface area contributed by atoms with Crippen LogP contribution in [0.15, 0.2) is 4.99 Å². The maximum absolute atomic E-state index is 12.2. The summed E-state index contributed by atoms with van der Waals surface area (Å²) in [5.41, 5.74) is 0. The second-order valence-electron chi connectivity index (χ2n) is 7.89. The minimum Gasteiger partial charge on any atom is -0.379 e. The van der Waals surface area contributed by atoms with Crippen LogP contribution in [0.4, 0.5) is 0 Å². The maximum Gasteiger partial charge on any atom is 0.193 e. The molecule has 0 aromatic rings. The zero-order valence-electron chi connectivity index (χ0n) is 16.7. The number of sulfone groups is 1. The third-order valence-corrected chi connectivity index (χ3v) is 7.84. The van der Waals surface area contributed by atoms with Crippen molar-refractivity contribution in [2.24, 2.45) is 10.9 Å². The Morgan fingerprint density at radius 2 is 1.85 bits per heavy atom. The average Bonchev–Trinajstić information content (AvgIpc) is 2.55. The Hall–Kier alpha value is -0.130. The number of nitrogens with one attached hydrogen (secondary N) is 1. The van der Waals surface area contributed by atoms with E-state index in [4.69, 9.17) is 4.74 Å². The molecular formula is C17H35IN4O3S. The van der Waals surface area contributed by atoms with E-state index in [1.165, 1.54) is 0 Å². The molecule has 7 nitrogen and oxygen atoms in total. The predicted molar refractivity (Wildman–Crippen MR) is 117 cm³/mol. The monoisotopic (exact) mass is 502 g/mol. The zero-order chi connectivity index (χ0) is 18.7. The maximum atomic E-state index is 12.2. The highest BCUT2D eigenvalue weighted by molar-refractivity contribution is 14.0. The summed E-state index contributed by atoms with van der Waals surface area (Å²) < 4.78 is 29.2. The summed E-state index contributed by atoms with van der Waals surface area (Å²) in [5.74, 6) is 1.49. The standard InChI is InChI=1S/C17H34N4O3S.HI/c1-14(2)15(20-6-9-24-10-7-20)12-19-16(18-5)21-8-11-25(22,23)17(3,4)13-21;/h14-15H,6-13H2,1-5H3,(H,18,19);1H. The Morgan fingerprint density at radius 3 is 2.35 bits per heavy atom. The number of guanidine groups is 1. The van der Waals surface area contributed by atoms with E-state index in [0.717, 1.165) is 38.8 Å². The molecular weight excluding hydrogens is 467 g/mol. The topological polar surface area (TPSA) is 74.2 Å². The van der Waals surface area contributed by atoms with Gasteiger partial charge in [0.25, 0.3) is 0 Å². The quantitative estimate of drug-likeness (QED) is 0.352. The number of ether oxygens (including phenoxy) is 1. The molecule has 2 heterocycles. The number of morpholine rings is 1. The Morgan fingerprint density at radius 1 is 1.23 bits per heavy atom. The van der Waals surface area contributed by atoms with E-state index in [2.05, 4.69) is 34.0 Å². The van der Waals surface area contributed by atoms with Crippen molar-refractivity contribution in [1.29, 1.82) is 0 Å². The van der Waals surface area contributed by atoms with Crippen molar-refractivity contribution in [2.75, 3.05) is 58.7 Å². The summed E-state index contributed by atoms with van der Waals surface area (Å²) >= 11 is 0. The van der Waals surface area contributed by atoms with Gasteiger partial charge in [0.1, 0.15) is 0 Å². The summed E-state index contributed by atoms with van der Waals surface area (Å²) in [7, 11) is -1.28. The van der Waals surface area contributed by atoms with Gasteiger partial charge in [-0.1, -0.05) is 13.8 Å². The third kappa shape index (κ3) is 5.68. The van der Waals surface area contributed by atoms with E-state index < -0.39 is 14.6 Å². The number of aliphatic imine (C=N–C) groups is 1. The lowest BCUT2D eigenvalue weighted by Gasteiger charge is -2.41. The van der Waals surface area contributed by atoms with Gasteiger partial charge in [0.05, 0.1) is 23.7 Å². The van der Waals surface area contributed by atoms with Crippen LogP contribution in [0.1, 0.15) is 27.7 Å². The molecule has 154 valence electrons. The van der Waals surface area contributed by atoms with E-state index in [0.29, 0.717) is 25.0 Å². The van der Waals surface area contributed by atoms with Crippen molar-refractivity contribution in [3.63, 3.8) is 0 Å². The van der Waals surface area contributed by atoms with Crippen molar-refractivity contribution in [1.82, 2.24) is 15.1 Å². The first-order valence-corrected chi connectivity index (χ1v) is 10.8. The van der Waals surface area contributed by atoms with Gasteiger partial charge in [-0.15, -0.1) is 24.0 Å². The van der Waals surface area contributed by atoms with E-state index in [9.17, 15) is 8.42 Å². The highest BCUT2D eigenvalue weighted by Crippen LogP contribution is 2.23. The summed E-state index contributed by atoms with van der Waals surface area (Å²) in [4.78, 5) is 8.93. The third-order valence-electron chi connectivity index (χ3n) is 5.31. The summed E-state index contributed by atoms with van der Waals surface area (Å²) in [6, 6.07) is 0.405. The lowest BCUT2D eigenvalue weighted by Crippen LogP contribution is -2.59. The van der Waals surface area contributed by atoms with Crippen LogP contribution in [-0.2, 0) is 14.6 Å². The van der Waals surface area contributed by atoms with Crippen LogP contribution in [0, 0.1) is 5.92 Å². The van der Waals surface area contributed by atoms with Crippen LogP contribution in [0.2, 0.25) is 0 Å². The van der Waals surface area contributed by atoms with Gasteiger partial charge >= 0.3 is 0 Å². The number of hydrogen-bond acceptors (Lipinski definition) is 5. The van der Waals surface area contributed by atoms with Crippen LogP contribution in [0.3, 0.4) is 0 Å². The molecule has 0 aromatic carbocycles. The van der Waals surface area contributed by atoms with Crippen molar-refractivity contribution in [3.05, 3.63) is 0 Å². The molecule has 2 fully saturated rings. The van der Waals surface area contributed by atoms with Gasteiger partial charge in [0.2, 0.25) is 0 Å². The van der Waals surface area contributed by atoms with Crippen molar-refractivity contribution in [2.45, 2.75) is 38.5 Å². The van der Waals surface area contributed by atoms with E-state index in [-0.39, 0.29) is 29.7 Å². The van der Waals surface area contributed by atoms with Crippen LogP contribution in [0.25, 0.3) is 0 Å². The zero-order valence-corrected chi connectivity index (χ0v) is 19.8. The van der Waals surface area contributed by atoms with Gasteiger partial charge in [0, 0.05) is 45.8 Å². The number of halogens is 1. The fourth-order valence-electron chi connectivity index (χ4n) is 3.55. The van der Waals surface area contributed by atoms with Gasteiger partial charge in [-0.05, 0) is 19.8 Å². The molecule has 2 rings (SSSR count). The van der Waals surface area contributed by atoms with Crippen molar-refractivity contribution in [3.8, 4) is 0 Å². The largest absolute Gasteiger partial charge is 0.379 e. The molecule has 0 amide bonds. The Kier molecular flexibility index (Phi) is 9.09. The normalized spacial score (nSPS) is 24.8. The smallest absolute Gasteiger partial charge is 0.193 e. The molecule has 9 heteroatoms. The molecule has 26 heavy (non-hydrogen) atoms.